The summed E-state index contributed by atoms with van der Waals surface area (Å²) < 4.78 is 0. The number of hydrogen-bond donors (Lipinski definition) is 2. The summed E-state index contributed by atoms with van der Waals surface area (Å²) >= 11 is 5.79. The van der Waals surface area contributed by atoms with Crippen LogP contribution in [0.25, 0.3) is 0 Å². The number of benzene rings is 1. The third kappa shape index (κ3) is 4.48. The molecule has 0 aromatic heterocycles. The Hall–Kier alpha value is -1.99. The van der Waals surface area contributed by atoms with Crippen LogP contribution in [0, 0.1) is 11.8 Å². The molecule has 0 saturated carbocycles. The van der Waals surface area contributed by atoms with Crippen molar-refractivity contribution in [2.24, 2.45) is 0 Å². The summed E-state index contributed by atoms with van der Waals surface area (Å²) in [6, 6.07) is 4.44. The predicted octanol–water partition coefficient (Wildman–Crippen LogP) is 1.92. The molecule has 0 atom stereocenters. The molecule has 0 aliphatic heterocycles. The van der Waals surface area contributed by atoms with Crippen LogP contribution in [-0.4, -0.2) is 23.5 Å². The lowest BCUT2D eigenvalue weighted by Crippen LogP contribution is -2.20. The molecule has 2 N–H and O–H groups in total. The minimum Gasteiger partial charge on any atom is -0.478 e. The summed E-state index contributed by atoms with van der Waals surface area (Å²) in [6.07, 6.45) is 0.450. The molecule has 0 aliphatic carbocycles. The van der Waals surface area contributed by atoms with E-state index in [1.807, 2.05) is 0 Å². The van der Waals surface area contributed by atoms with Gasteiger partial charge in [-0.05, 0) is 18.2 Å². The Morgan fingerprint density at radius 2 is 2.17 bits per heavy atom. The van der Waals surface area contributed by atoms with E-state index in [1.54, 1.807) is 0 Å². The van der Waals surface area contributed by atoms with Crippen molar-refractivity contribution in [3.8, 4) is 11.8 Å². The van der Waals surface area contributed by atoms with Gasteiger partial charge in [0.25, 0.3) is 0 Å². The van der Waals surface area contributed by atoms with Crippen LogP contribution < -0.4 is 5.32 Å². The van der Waals surface area contributed by atoms with Gasteiger partial charge in [0.2, 0.25) is 5.91 Å². The highest BCUT2D eigenvalue weighted by Gasteiger charge is 2.08. The molecule has 0 radical (unpaired) electrons. The molecule has 1 aromatic rings. The fourth-order valence-corrected chi connectivity index (χ4v) is 1.44. The molecular formula is C13H12ClNO3. The van der Waals surface area contributed by atoms with E-state index in [1.165, 1.54) is 25.1 Å². The van der Waals surface area contributed by atoms with Crippen molar-refractivity contribution in [3.05, 3.63) is 34.3 Å². The zero-order valence-corrected chi connectivity index (χ0v) is 10.5. The lowest BCUT2D eigenvalue weighted by Gasteiger charge is -1.99. The number of carboxylic acids is 1. The summed E-state index contributed by atoms with van der Waals surface area (Å²) in [6.45, 7) is 1.86. The largest absolute Gasteiger partial charge is 0.478 e. The fraction of sp³-hybridized carbons (Fsp3) is 0.231. The molecule has 0 aliphatic rings. The maximum absolute atomic E-state index is 10.9. The van der Waals surface area contributed by atoms with Crippen molar-refractivity contribution < 1.29 is 14.7 Å². The van der Waals surface area contributed by atoms with Crippen molar-refractivity contribution in [1.82, 2.24) is 5.32 Å². The number of amides is 1. The van der Waals surface area contributed by atoms with Crippen molar-refractivity contribution in [2.75, 3.05) is 6.54 Å². The second-order valence-corrected chi connectivity index (χ2v) is 3.97. The van der Waals surface area contributed by atoms with E-state index in [9.17, 15) is 9.59 Å². The average molecular weight is 266 g/mol. The standard InChI is InChI=1S/C13H12ClNO3/c1-9(16)15-7-3-2-4-10-8-11(14)5-6-12(10)13(17)18/h5-6,8H,3,7H2,1H3,(H,15,16)(H,17,18). The zero-order chi connectivity index (χ0) is 13.5. The van der Waals surface area contributed by atoms with Crippen LogP contribution in [0.15, 0.2) is 18.2 Å². The fourth-order valence-electron chi connectivity index (χ4n) is 1.27. The van der Waals surface area contributed by atoms with Gasteiger partial charge >= 0.3 is 5.97 Å². The molecule has 94 valence electrons. The second-order valence-electron chi connectivity index (χ2n) is 3.53. The number of carbonyl (C=O) groups excluding carboxylic acids is 1. The molecule has 0 saturated heterocycles. The number of rotatable bonds is 3. The summed E-state index contributed by atoms with van der Waals surface area (Å²) in [4.78, 5) is 21.6. The van der Waals surface area contributed by atoms with E-state index in [4.69, 9.17) is 16.7 Å². The molecule has 0 heterocycles. The van der Waals surface area contributed by atoms with E-state index in [2.05, 4.69) is 17.2 Å². The molecular weight excluding hydrogens is 254 g/mol. The quantitative estimate of drug-likeness (QED) is 0.648. The van der Waals surface area contributed by atoms with Gasteiger partial charge in [0.1, 0.15) is 0 Å². The first-order valence-electron chi connectivity index (χ1n) is 5.27. The highest BCUT2D eigenvalue weighted by molar-refractivity contribution is 6.30. The van der Waals surface area contributed by atoms with Gasteiger partial charge in [0.15, 0.2) is 0 Å². The minimum absolute atomic E-state index is 0.117. The van der Waals surface area contributed by atoms with Crippen molar-refractivity contribution in [3.63, 3.8) is 0 Å². The molecule has 1 amide bonds. The van der Waals surface area contributed by atoms with Crippen LogP contribution in [-0.2, 0) is 4.79 Å². The normalized spacial score (nSPS) is 9.22. The molecule has 0 bridgehead atoms. The highest BCUT2D eigenvalue weighted by atomic mass is 35.5. The van der Waals surface area contributed by atoms with Crippen molar-refractivity contribution in [2.45, 2.75) is 13.3 Å². The van der Waals surface area contributed by atoms with Crippen LogP contribution in [0.2, 0.25) is 5.02 Å². The average Bonchev–Trinajstić information content (AvgIpc) is 2.27. The van der Waals surface area contributed by atoms with E-state index < -0.39 is 5.97 Å². The minimum atomic E-state index is -1.04. The Morgan fingerprint density at radius 3 is 2.78 bits per heavy atom. The molecule has 0 fully saturated rings. The monoisotopic (exact) mass is 265 g/mol. The van der Waals surface area contributed by atoms with Crippen LogP contribution in [0.1, 0.15) is 29.3 Å². The number of carboxylic acid groups (broad SMARTS) is 1. The SMILES string of the molecule is CC(=O)NCCC#Cc1cc(Cl)ccc1C(=O)O. The summed E-state index contributed by atoms with van der Waals surface area (Å²) in [7, 11) is 0. The number of carbonyl (C=O) groups is 2. The number of halogens is 1. The lowest BCUT2D eigenvalue weighted by atomic mass is 10.1. The Morgan fingerprint density at radius 1 is 1.44 bits per heavy atom. The third-order valence-electron chi connectivity index (χ3n) is 2.06. The summed E-state index contributed by atoms with van der Waals surface area (Å²) in [5.74, 6) is 4.37. The molecule has 1 rings (SSSR count). The highest BCUT2D eigenvalue weighted by Crippen LogP contribution is 2.15. The summed E-state index contributed by atoms with van der Waals surface area (Å²) in [5, 5.41) is 12.0. The Balaban J connectivity index is 2.77. The van der Waals surface area contributed by atoms with Crippen molar-refractivity contribution >= 4 is 23.5 Å². The topological polar surface area (TPSA) is 66.4 Å². The first-order valence-corrected chi connectivity index (χ1v) is 5.64. The maximum Gasteiger partial charge on any atom is 0.336 e. The molecule has 1 aromatic carbocycles. The Labute approximate surface area is 110 Å². The van der Waals surface area contributed by atoms with Gasteiger partial charge < -0.3 is 10.4 Å². The third-order valence-corrected chi connectivity index (χ3v) is 2.29. The number of hydrogen-bond acceptors (Lipinski definition) is 2. The van der Waals surface area contributed by atoms with Crippen LogP contribution in [0.5, 0.6) is 0 Å². The smallest absolute Gasteiger partial charge is 0.336 e. The predicted molar refractivity (Wildman–Crippen MR) is 68.6 cm³/mol. The van der Waals surface area contributed by atoms with E-state index >= 15 is 0 Å². The van der Waals surface area contributed by atoms with Crippen molar-refractivity contribution in [1.29, 1.82) is 0 Å². The van der Waals surface area contributed by atoms with Crippen LogP contribution >= 0.6 is 11.6 Å². The maximum atomic E-state index is 10.9. The van der Waals surface area contributed by atoms with Crippen LogP contribution in [0.3, 0.4) is 0 Å². The van der Waals surface area contributed by atoms with E-state index in [0.29, 0.717) is 23.6 Å². The van der Waals surface area contributed by atoms with Gasteiger partial charge in [-0.25, -0.2) is 4.79 Å². The Bertz CT molecular complexity index is 529. The molecule has 0 unspecified atom stereocenters. The van der Waals surface area contributed by atoms with Crippen LogP contribution in [0.4, 0.5) is 0 Å². The first-order chi connectivity index (χ1) is 8.50. The molecule has 4 nitrogen and oxygen atoms in total. The molecule has 5 heteroatoms. The second kappa shape index (κ2) is 6.67. The lowest BCUT2D eigenvalue weighted by molar-refractivity contribution is -0.118. The van der Waals surface area contributed by atoms with Gasteiger partial charge in [-0.2, -0.15) is 0 Å². The van der Waals surface area contributed by atoms with E-state index in [-0.39, 0.29) is 11.5 Å². The Kier molecular flexibility index (Phi) is 5.22. The zero-order valence-electron chi connectivity index (χ0n) is 9.79. The number of aromatic carboxylic acids is 1. The van der Waals surface area contributed by atoms with Gasteiger partial charge in [0, 0.05) is 30.5 Å². The first kappa shape index (κ1) is 14.1. The van der Waals surface area contributed by atoms with E-state index in [0.717, 1.165) is 0 Å². The van der Waals surface area contributed by atoms with Gasteiger partial charge in [-0.1, -0.05) is 23.4 Å². The van der Waals surface area contributed by atoms with Gasteiger partial charge in [-0.3, -0.25) is 4.79 Å². The molecule has 0 spiro atoms. The summed E-state index contributed by atoms with van der Waals surface area (Å²) in [5.41, 5.74) is 0.490. The molecule has 18 heavy (non-hydrogen) atoms. The number of nitrogens with one attached hydrogen (secondary N) is 1. The van der Waals surface area contributed by atoms with Gasteiger partial charge in [-0.15, -0.1) is 0 Å². The van der Waals surface area contributed by atoms with Gasteiger partial charge in [0.05, 0.1) is 5.56 Å².